The van der Waals surface area contributed by atoms with Gasteiger partial charge in [0.05, 0.1) is 32.3 Å². The number of amides is 1. The minimum Gasteiger partial charge on any atom is -0.394 e. The van der Waals surface area contributed by atoms with Crippen LogP contribution in [0.15, 0.2) is 24.4 Å². The Labute approximate surface area is 100 Å². The molecule has 0 radical (unpaired) electrons. The van der Waals surface area contributed by atoms with Gasteiger partial charge in [-0.1, -0.05) is 6.07 Å². The van der Waals surface area contributed by atoms with Crippen molar-refractivity contribution in [2.45, 2.75) is 12.5 Å². The van der Waals surface area contributed by atoms with E-state index in [1.54, 1.807) is 11.1 Å². The SMILES string of the molecule is O=C(Cc1ccccn1)N1CCOCC1CO. The van der Waals surface area contributed by atoms with E-state index < -0.39 is 0 Å². The first-order valence-corrected chi connectivity index (χ1v) is 5.69. The minimum atomic E-state index is -0.222. The lowest BCUT2D eigenvalue weighted by molar-refractivity contribution is -0.140. The predicted molar refractivity (Wildman–Crippen MR) is 61.3 cm³/mol. The first-order chi connectivity index (χ1) is 8.31. The standard InChI is InChI=1S/C12H16N2O3/c15-8-11-9-17-6-5-14(11)12(16)7-10-3-1-2-4-13-10/h1-4,11,15H,5-9H2. The Morgan fingerprint density at radius 3 is 3.18 bits per heavy atom. The summed E-state index contributed by atoms with van der Waals surface area (Å²) in [4.78, 5) is 17.9. The number of pyridine rings is 1. The minimum absolute atomic E-state index is 0.00829. The number of rotatable bonds is 3. The molecule has 1 fully saturated rings. The fourth-order valence-electron chi connectivity index (χ4n) is 1.89. The van der Waals surface area contributed by atoms with Gasteiger partial charge in [-0.3, -0.25) is 9.78 Å². The molecule has 17 heavy (non-hydrogen) atoms. The van der Waals surface area contributed by atoms with Crippen LogP contribution in [0.2, 0.25) is 0 Å². The summed E-state index contributed by atoms with van der Waals surface area (Å²) in [6, 6.07) is 5.28. The first kappa shape index (κ1) is 12.0. The third-order valence-corrected chi connectivity index (χ3v) is 2.82. The topological polar surface area (TPSA) is 62.7 Å². The van der Waals surface area contributed by atoms with E-state index in [2.05, 4.69) is 4.98 Å². The van der Waals surface area contributed by atoms with Crippen molar-refractivity contribution in [3.05, 3.63) is 30.1 Å². The van der Waals surface area contributed by atoms with E-state index in [9.17, 15) is 9.90 Å². The third-order valence-electron chi connectivity index (χ3n) is 2.82. The second-order valence-corrected chi connectivity index (χ2v) is 4.00. The van der Waals surface area contributed by atoms with Crippen LogP contribution in [-0.4, -0.2) is 53.3 Å². The Kier molecular flexibility index (Phi) is 4.06. The highest BCUT2D eigenvalue weighted by molar-refractivity contribution is 5.78. The molecule has 92 valence electrons. The number of nitrogens with zero attached hydrogens (tertiary/aromatic N) is 2. The molecule has 0 spiro atoms. The molecule has 0 aliphatic carbocycles. The van der Waals surface area contributed by atoms with Crippen molar-refractivity contribution < 1.29 is 14.6 Å². The van der Waals surface area contributed by atoms with Crippen LogP contribution >= 0.6 is 0 Å². The molecule has 1 saturated heterocycles. The van der Waals surface area contributed by atoms with Gasteiger partial charge in [0, 0.05) is 18.4 Å². The summed E-state index contributed by atoms with van der Waals surface area (Å²) in [6.07, 6.45) is 1.95. The Bertz CT molecular complexity index is 369. The summed E-state index contributed by atoms with van der Waals surface area (Å²) in [5.74, 6) is -0.00829. The maximum Gasteiger partial charge on any atom is 0.229 e. The molecule has 0 bridgehead atoms. The Balaban J connectivity index is 1.99. The molecular formula is C12H16N2O3. The summed E-state index contributed by atoms with van der Waals surface area (Å²) in [5.41, 5.74) is 0.751. The quantitative estimate of drug-likeness (QED) is 0.792. The molecule has 1 atom stereocenters. The van der Waals surface area contributed by atoms with E-state index in [1.807, 2.05) is 18.2 Å². The second kappa shape index (κ2) is 5.75. The van der Waals surface area contributed by atoms with Crippen LogP contribution in [0.1, 0.15) is 5.69 Å². The number of carbonyl (C=O) groups is 1. The lowest BCUT2D eigenvalue weighted by atomic mass is 10.2. The number of morpholine rings is 1. The average Bonchev–Trinajstić information content (AvgIpc) is 2.40. The summed E-state index contributed by atoms with van der Waals surface area (Å²) in [6.45, 7) is 1.42. The zero-order chi connectivity index (χ0) is 12.1. The molecule has 1 aromatic heterocycles. The molecule has 2 rings (SSSR count). The highest BCUT2D eigenvalue weighted by Gasteiger charge is 2.26. The van der Waals surface area contributed by atoms with Crippen molar-refractivity contribution in [2.75, 3.05) is 26.4 Å². The van der Waals surface area contributed by atoms with Crippen molar-refractivity contribution in [3.8, 4) is 0 Å². The van der Waals surface area contributed by atoms with Gasteiger partial charge in [0.25, 0.3) is 0 Å². The van der Waals surface area contributed by atoms with Gasteiger partial charge in [-0.2, -0.15) is 0 Å². The van der Waals surface area contributed by atoms with E-state index in [0.717, 1.165) is 5.69 Å². The monoisotopic (exact) mass is 236 g/mol. The third kappa shape index (κ3) is 3.01. The molecule has 5 heteroatoms. The normalized spacial score (nSPS) is 20.3. The molecule has 1 aliphatic rings. The molecule has 0 aromatic carbocycles. The predicted octanol–water partition coefficient (Wildman–Crippen LogP) is -0.156. The van der Waals surface area contributed by atoms with Gasteiger partial charge in [-0.05, 0) is 12.1 Å². The van der Waals surface area contributed by atoms with E-state index in [1.165, 1.54) is 0 Å². The molecule has 1 aliphatic heterocycles. The van der Waals surface area contributed by atoms with E-state index in [4.69, 9.17) is 4.74 Å². The van der Waals surface area contributed by atoms with Crippen LogP contribution in [0.3, 0.4) is 0 Å². The lowest BCUT2D eigenvalue weighted by Crippen LogP contribution is -2.51. The first-order valence-electron chi connectivity index (χ1n) is 5.69. The van der Waals surface area contributed by atoms with Gasteiger partial charge in [0.1, 0.15) is 0 Å². The van der Waals surface area contributed by atoms with E-state index >= 15 is 0 Å². The molecule has 2 heterocycles. The fraction of sp³-hybridized carbons (Fsp3) is 0.500. The number of aromatic nitrogens is 1. The van der Waals surface area contributed by atoms with Crippen molar-refractivity contribution in [1.82, 2.24) is 9.88 Å². The smallest absolute Gasteiger partial charge is 0.229 e. The number of hydrogen-bond acceptors (Lipinski definition) is 4. The van der Waals surface area contributed by atoms with Crippen molar-refractivity contribution in [2.24, 2.45) is 0 Å². The van der Waals surface area contributed by atoms with Crippen LogP contribution in [-0.2, 0) is 16.0 Å². The molecule has 0 saturated carbocycles. The van der Waals surface area contributed by atoms with Gasteiger partial charge in [-0.15, -0.1) is 0 Å². The summed E-state index contributed by atoms with van der Waals surface area (Å²) in [7, 11) is 0. The highest BCUT2D eigenvalue weighted by Crippen LogP contribution is 2.09. The van der Waals surface area contributed by atoms with Crippen LogP contribution in [0.5, 0.6) is 0 Å². The summed E-state index contributed by atoms with van der Waals surface area (Å²) >= 11 is 0. The number of ether oxygens (including phenoxy) is 1. The number of carbonyl (C=O) groups excluding carboxylic acids is 1. The molecular weight excluding hydrogens is 220 g/mol. The Hall–Kier alpha value is -1.46. The molecule has 5 nitrogen and oxygen atoms in total. The highest BCUT2D eigenvalue weighted by atomic mass is 16.5. The van der Waals surface area contributed by atoms with Crippen LogP contribution in [0.4, 0.5) is 0 Å². The Morgan fingerprint density at radius 1 is 1.59 bits per heavy atom. The maximum atomic E-state index is 12.1. The summed E-state index contributed by atoms with van der Waals surface area (Å²) < 4.78 is 5.23. The van der Waals surface area contributed by atoms with Gasteiger partial charge in [0.2, 0.25) is 5.91 Å². The molecule has 1 N–H and O–H groups in total. The number of aliphatic hydroxyl groups excluding tert-OH is 1. The lowest BCUT2D eigenvalue weighted by Gasteiger charge is -2.34. The van der Waals surface area contributed by atoms with Crippen molar-refractivity contribution >= 4 is 5.91 Å². The van der Waals surface area contributed by atoms with Crippen LogP contribution in [0, 0.1) is 0 Å². The van der Waals surface area contributed by atoms with Gasteiger partial charge in [0.15, 0.2) is 0 Å². The van der Waals surface area contributed by atoms with Crippen LogP contribution in [0.25, 0.3) is 0 Å². The van der Waals surface area contributed by atoms with Gasteiger partial charge in [-0.25, -0.2) is 0 Å². The molecule has 1 aromatic rings. The Morgan fingerprint density at radius 2 is 2.47 bits per heavy atom. The summed E-state index contributed by atoms with van der Waals surface area (Å²) in [5, 5.41) is 9.19. The second-order valence-electron chi connectivity index (χ2n) is 4.00. The average molecular weight is 236 g/mol. The largest absolute Gasteiger partial charge is 0.394 e. The van der Waals surface area contributed by atoms with E-state index in [-0.39, 0.29) is 25.0 Å². The van der Waals surface area contributed by atoms with Gasteiger partial charge >= 0.3 is 0 Å². The zero-order valence-electron chi connectivity index (χ0n) is 9.58. The fourth-order valence-corrected chi connectivity index (χ4v) is 1.89. The van der Waals surface area contributed by atoms with Crippen LogP contribution < -0.4 is 0 Å². The van der Waals surface area contributed by atoms with Gasteiger partial charge < -0.3 is 14.7 Å². The zero-order valence-corrected chi connectivity index (χ0v) is 9.58. The van der Waals surface area contributed by atoms with E-state index in [0.29, 0.717) is 19.8 Å². The van der Waals surface area contributed by atoms with Crippen molar-refractivity contribution in [3.63, 3.8) is 0 Å². The molecule has 1 unspecified atom stereocenters. The number of aliphatic hydroxyl groups is 1. The molecule has 1 amide bonds. The number of hydrogen-bond donors (Lipinski definition) is 1. The maximum absolute atomic E-state index is 12.1. The van der Waals surface area contributed by atoms with Crippen molar-refractivity contribution in [1.29, 1.82) is 0 Å².